The van der Waals surface area contributed by atoms with E-state index < -0.39 is 0 Å². The predicted molar refractivity (Wildman–Crippen MR) is 100 cm³/mol. The van der Waals surface area contributed by atoms with Gasteiger partial charge in [-0.25, -0.2) is 0 Å². The fraction of sp³-hybridized carbons (Fsp3) is 0.421. The van der Waals surface area contributed by atoms with Gasteiger partial charge in [-0.2, -0.15) is 0 Å². The summed E-state index contributed by atoms with van der Waals surface area (Å²) in [6, 6.07) is 11.8. The van der Waals surface area contributed by atoms with Crippen LogP contribution in [0.4, 0.5) is 0 Å². The molecule has 1 saturated heterocycles. The molecule has 1 aliphatic rings. The zero-order chi connectivity index (χ0) is 16.8. The number of thiophene rings is 1. The van der Waals surface area contributed by atoms with E-state index in [1.807, 2.05) is 35.6 Å². The van der Waals surface area contributed by atoms with Gasteiger partial charge >= 0.3 is 0 Å². The van der Waals surface area contributed by atoms with Crippen LogP contribution in [0.5, 0.6) is 0 Å². The molecular weight excluding hydrogens is 340 g/mol. The molecule has 1 amide bonds. The van der Waals surface area contributed by atoms with Crippen molar-refractivity contribution in [3.05, 3.63) is 57.2 Å². The van der Waals surface area contributed by atoms with Crippen molar-refractivity contribution in [1.29, 1.82) is 0 Å². The smallest absolute Gasteiger partial charge is 0.224 e. The van der Waals surface area contributed by atoms with Gasteiger partial charge in [0, 0.05) is 29.5 Å². The molecule has 2 aromatic rings. The van der Waals surface area contributed by atoms with Crippen LogP contribution in [-0.4, -0.2) is 30.4 Å². The second kappa shape index (κ2) is 8.65. The Morgan fingerprint density at radius 2 is 2.12 bits per heavy atom. The molecule has 0 radical (unpaired) electrons. The van der Waals surface area contributed by atoms with E-state index in [0.717, 1.165) is 31.7 Å². The predicted octanol–water partition coefficient (Wildman–Crippen LogP) is 3.97. The van der Waals surface area contributed by atoms with Crippen LogP contribution in [0.25, 0.3) is 0 Å². The molecule has 1 aliphatic heterocycles. The van der Waals surface area contributed by atoms with Crippen LogP contribution in [0.1, 0.15) is 23.3 Å². The summed E-state index contributed by atoms with van der Waals surface area (Å²) in [7, 11) is 0. The summed E-state index contributed by atoms with van der Waals surface area (Å²) in [6.07, 6.45) is 2.83. The van der Waals surface area contributed by atoms with Gasteiger partial charge in [0.25, 0.3) is 0 Å². The SMILES string of the molecule is O=C(Cc1ccc(Cl)cc1)NCC1CCCN(Cc2cccs2)C1. The van der Waals surface area contributed by atoms with Gasteiger partial charge in [-0.15, -0.1) is 11.3 Å². The third kappa shape index (κ3) is 5.33. The molecule has 2 heterocycles. The number of rotatable bonds is 6. The minimum absolute atomic E-state index is 0.0905. The van der Waals surface area contributed by atoms with Gasteiger partial charge in [-0.1, -0.05) is 29.8 Å². The van der Waals surface area contributed by atoms with E-state index in [9.17, 15) is 4.79 Å². The van der Waals surface area contributed by atoms with Crippen LogP contribution in [0.15, 0.2) is 41.8 Å². The maximum Gasteiger partial charge on any atom is 0.224 e. The molecule has 1 N–H and O–H groups in total. The quantitative estimate of drug-likeness (QED) is 0.843. The molecule has 24 heavy (non-hydrogen) atoms. The van der Waals surface area contributed by atoms with Crippen molar-refractivity contribution in [3.8, 4) is 0 Å². The molecule has 1 unspecified atom stereocenters. The molecule has 0 saturated carbocycles. The van der Waals surface area contributed by atoms with E-state index >= 15 is 0 Å². The van der Waals surface area contributed by atoms with Crippen LogP contribution in [-0.2, 0) is 17.8 Å². The van der Waals surface area contributed by atoms with E-state index in [1.165, 1.54) is 17.7 Å². The normalized spacial score (nSPS) is 18.5. The highest BCUT2D eigenvalue weighted by Gasteiger charge is 2.20. The minimum atomic E-state index is 0.0905. The molecule has 3 rings (SSSR count). The number of likely N-dealkylation sites (tertiary alicyclic amines) is 1. The van der Waals surface area contributed by atoms with E-state index in [0.29, 0.717) is 17.4 Å². The summed E-state index contributed by atoms with van der Waals surface area (Å²) in [5.74, 6) is 0.639. The van der Waals surface area contributed by atoms with Crippen LogP contribution >= 0.6 is 22.9 Å². The Hall–Kier alpha value is -1.36. The lowest BCUT2D eigenvalue weighted by Gasteiger charge is -2.32. The zero-order valence-electron chi connectivity index (χ0n) is 13.7. The zero-order valence-corrected chi connectivity index (χ0v) is 15.3. The van der Waals surface area contributed by atoms with Crippen molar-refractivity contribution in [1.82, 2.24) is 10.2 Å². The average molecular weight is 363 g/mol. The van der Waals surface area contributed by atoms with E-state index in [4.69, 9.17) is 11.6 Å². The molecule has 0 bridgehead atoms. The van der Waals surface area contributed by atoms with Gasteiger partial charge in [-0.05, 0) is 54.4 Å². The minimum Gasteiger partial charge on any atom is -0.355 e. The van der Waals surface area contributed by atoms with Gasteiger partial charge < -0.3 is 5.32 Å². The number of hydrogen-bond acceptors (Lipinski definition) is 3. The summed E-state index contributed by atoms with van der Waals surface area (Å²) in [4.78, 5) is 16.0. The average Bonchev–Trinajstić information content (AvgIpc) is 3.08. The summed E-state index contributed by atoms with van der Waals surface area (Å²) in [5.41, 5.74) is 1.000. The number of piperidine rings is 1. The summed E-state index contributed by atoms with van der Waals surface area (Å²) in [6.45, 7) is 4.03. The second-order valence-electron chi connectivity index (χ2n) is 6.43. The Morgan fingerprint density at radius 1 is 1.29 bits per heavy atom. The number of carbonyl (C=O) groups excluding carboxylic acids is 1. The van der Waals surface area contributed by atoms with E-state index in [-0.39, 0.29) is 5.91 Å². The first kappa shape index (κ1) is 17.5. The molecule has 128 valence electrons. The third-order valence-electron chi connectivity index (χ3n) is 4.43. The third-order valence-corrected chi connectivity index (χ3v) is 5.54. The number of amides is 1. The maximum atomic E-state index is 12.1. The largest absolute Gasteiger partial charge is 0.355 e. The van der Waals surface area contributed by atoms with Gasteiger partial charge in [0.05, 0.1) is 6.42 Å². The molecule has 1 aromatic heterocycles. The molecule has 1 aromatic carbocycles. The number of benzene rings is 1. The number of hydrogen-bond donors (Lipinski definition) is 1. The molecule has 0 aliphatic carbocycles. The van der Waals surface area contributed by atoms with Gasteiger partial charge in [0.2, 0.25) is 5.91 Å². The second-order valence-corrected chi connectivity index (χ2v) is 7.90. The van der Waals surface area contributed by atoms with Crippen molar-refractivity contribution in [2.24, 2.45) is 5.92 Å². The maximum absolute atomic E-state index is 12.1. The first-order chi connectivity index (χ1) is 11.7. The number of nitrogens with zero attached hydrogens (tertiary/aromatic N) is 1. The molecule has 3 nitrogen and oxygen atoms in total. The highest BCUT2D eigenvalue weighted by Crippen LogP contribution is 2.20. The lowest BCUT2D eigenvalue weighted by molar-refractivity contribution is -0.120. The van der Waals surface area contributed by atoms with E-state index in [2.05, 4.69) is 27.7 Å². The molecule has 1 atom stereocenters. The van der Waals surface area contributed by atoms with Gasteiger partial charge in [0.15, 0.2) is 0 Å². The summed E-state index contributed by atoms with van der Waals surface area (Å²) < 4.78 is 0. The van der Waals surface area contributed by atoms with Crippen molar-refractivity contribution in [3.63, 3.8) is 0 Å². The monoisotopic (exact) mass is 362 g/mol. The van der Waals surface area contributed by atoms with Crippen LogP contribution < -0.4 is 5.32 Å². The lowest BCUT2D eigenvalue weighted by atomic mass is 9.98. The highest BCUT2D eigenvalue weighted by molar-refractivity contribution is 7.09. The number of halogens is 1. The molecule has 1 fully saturated rings. The van der Waals surface area contributed by atoms with Crippen molar-refractivity contribution < 1.29 is 4.79 Å². The van der Waals surface area contributed by atoms with Crippen LogP contribution in [0.2, 0.25) is 5.02 Å². The molecular formula is C19H23ClN2OS. The molecule has 5 heteroatoms. The Morgan fingerprint density at radius 3 is 2.88 bits per heavy atom. The first-order valence-electron chi connectivity index (χ1n) is 8.45. The van der Waals surface area contributed by atoms with Crippen molar-refractivity contribution in [2.45, 2.75) is 25.8 Å². The standard InChI is InChI=1S/C19H23ClN2OS/c20-17-7-5-15(6-8-17)11-19(23)21-12-16-3-1-9-22(13-16)14-18-4-2-10-24-18/h2,4-8,10,16H,1,3,9,11-14H2,(H,21,23). The Balaban J connectivity index is 1.42. The van der Waals surface area contributed by atoms with Crippen LogP contribution in [0, 0.1) is 5.92 Å². The Bertz CT molecular complexity index is 642. The Labute approximate surface area is 152 Å². The first-order valence-corrected chi connectivity index (χ1v) is 9.70. The van der Waals surface area contributed by atoms with Gasteiger partial charge in [0.1, 0.15) is 0 Å². The van der Waals surface area contributed by atoms with Crippen LogP contribution in [0.3, 0.4) is 0 Å². The fourth-order valence-electron chi connectivity index (χ4n) is 3.19. The number of nitrogens with one attached hydrogen (secondary N) is 1. The van der Waals surface area contributed by atoms with E-state index in [1.54, 1.807) is 0 Å². The number of carbonyl (C=O) groups is 1. The van der Waals surface area contributed by atoms with Crippen molar-refractivity contribution in [2.75, 3.05) is 19.6 Å². The lowest BCUT2D eigenvalue weighted by Crippen LogP contribution is -2.40. The fourth-order valence-corrected chi connectivity index (χ4v) is 4.06. The summed E-state index contributed by atoms with van der Waals surface area (Å²) >= 11 is 7.69. The topological polar surface area (TPSA) is 32.3 Å². The summed E-state index contributed by atoms with van der Waals surface area (Å²) in [5, 5.41) is 5.93. The van der Waals surface area contributed by atoms with Gasteiger partial charge in [-0.3, -0.25) is 9.69 Å². The van der Waals surface area contributed by atoms with Crippen molar-refractivity contribution >= 4 is 28.8 Å². The highest BCUT2D eigenvalue weighted by atomic mass is 35.5. The Kier molecular flexibility index (Phi) is 6.30. The molecule has 0 spiro atoms.